The summed E-state index contributed by atoms with van der Waals surface area (Å²) in [5, 5.41) is 5.11. The van der Waals surface area contributed by atoms with E-state index in [0.717, 1.165) is 26.9 Å². The Bertz CT molecular complexity index is 1830. The van der Waals surface area contributed by atoms with Crippen molar-refractivity contribution >= 4 is 44.2 Å². The minimum Gasteiger partial charge on any atom is -0.465 e. The Morgan fingerprint density at radius 2 is 1.76 bits per heavy atom. The number of nitrogens with one attached hydrogen (secondary N) is 1. The van der Waals surface area contributed by atoms with E-state index in [2.05, 4.69) is 9.71 Å². The number of alkyl carbamates (subject to hydrolysis) is 1. The molecule has 5 rings (SSSR count). The van der Waals surface area contributed by atoms with Crippen molar-refractivity contribution in [2.24, 2.45) is 4.40 Å². The molecule has 1 heterocycles. The second-order valence-corrected chi connectivity index (χ2v) is 13.8. The molecule has 1 atom stereocenters. The van der Waals surface area contributed by atoms with Crippen molar-refractivity contribution in [3.63, 3.8) is 0 Å². The van der Waals surface area contributed by atoms with Gasteiger partial charge in [0, 0.05) is 23.0 Å². The summed E-state index contributed by atoms with van der Waals surface area (Å²) in [4.78, 5) is 25.8. The number of esters is 1. The van der Waals surface area contributed by atoms with E-state index in [1.54, 1.807) is 12.1 Å². The van der Waals surface area contributed by atoms with Gasteiger partial charge in [-0.1, -0.05) is 54.6 Å². The maximum absolute atomic E-state index is 13.7. The molecule has 0 aliphatic heterocycles. The Hall–Kier alpha value is -3.96. The highest BCUT2D eigenvalue weighted by Gasteiger charge is 2.28. The quantitative estimate of drug-likeness (QED) is 0.301. The van der Waals surface area contributed by atoms with Gasteiger partial charge in [0.1, 0.15) is 10.5 Å². The Kier molecular flexibility index (Phi) is 8.25. The normalized spacial score (nSPS) is 15.7. The Morgan fingerprint density at radius 1 is 1.05 bits per heavy atom. The maximum atomic E-state index is 13.7. The second-order valence-electron chi connectivity index (χ2n) is 11.1. The van der Waals surface area contributed by atoms with Gasteiger partial charge < -0.3 is 19.4 Å². The predicted octanol–water partition coefficient (Wildman–Crippen LogP) is 5.21. The molecule has 0 bridgehead atoms. The fourth-order valence-electron chi connectivity index (χ4n) is 5.11. The van der Waals surface area contributed by atoms with Gasteiger partial charge in [-0.15, -0.1) is 15.7 Å². The van der Waals surface area contributed by atoms with Crippen LogP contribution in [0.4, 0.5) is 4.79 Å². The number of nitrogens with zero attached hydrogens (tertiary/aromatic N) is 2. The first-order chi connectivity index (χ1) is 19.9. The lowest BCUT2D eigenvalue weighted by Gasteiger charge is -2.26. The van der Waals surface area contributed by atoms with Gasteiger partial charge in [-0.3, -0.25) is 0 Å². The van der Waals surface area contributed by atoms with Crippen molar-refractivity contribution in [2.45, 2.75) is 63.1 Å². The van der Waals surface area contributed by atoms with Crippen LogP contribution in [0.1, 0.15) is 53.7 Å². The highest BCUT2D eigenvalue weighted by molar-refractivity contribution is 7.90. The largest absolute Gasteiger partial charge is 0.465 e. The minimum absolute atomic E-state index is 0.0766. The van der Waals surface area contributed by atoms with E-state index in [9.17, 15) is 18.0 Å². The molecule has 220 valence electrons. The molecule has 9 nitrogen and oxygen atoms in total. The van der Waals surface area contributed by atoms with Crippen LogP contribution < -0.4 is 10.1 Å². The highest BCUT2D eigenvalue weighted by Crippen LogP contribution is 2.28. The van der Waals surface area contributed by atoms with Crippen molar-refractivity contribution in [3.05, 3.63) is 93.2 Å². The number of benzene rings is 3. The topological polar surface area (TPSA) is 116 Å². The van der Waals surface area contributed by atoms with Gasteiger partial charge in [-0.05, 0) is 62.1 Å². The molecule has 0 fully saturated rings. The molecule has 0 spiro atoms. The lowest BCUT2D eigenvalue weighted by molar-refractivity contribution is 0.0499. The molecule has 11 heteroatoms. The first kappa shape index (κ1) is 29.5. The standard InChI is InChI=1S/C31H33N3O6S2/c1-31(2,3)40-30(36)32-22-16-17-25-26(18-22)41-29(33-42(37,38)27-15-8-7-14-24(27)28(35)39-4)34(25)19-21-12-9-11-20-10-5-6-13-23(20)21/h5-15,22H,16-19H2,1-4H3,(H,32,36)/b33-29-. The summed E-state index contributed by atoms with van der Waals surface area (Å²) in [6.45, 7) is 5.85. The summed E-state index contributed by atoms with van der Waals surface area (Å²) in [6.07, 6.45) is 1.31. The Labute approximate surface area is 248 Å². The molecule has 1 unspecified atom stereocenters. The minimum atomic E-state index is -4.28. The molecule has 1 aliphatic carbocycles. The van der Waals surface area contributed by atoms with E-state index >= 15 is 0 Å². The van der Waals surface area contributed by atoms with Gasteiger partial charge in [0.05, 0.1) is 19.2 Å². The number of sulfonamides is 1. The van der Waals surface area contributed by atoms with Crippen molar-refractivity contribution in [1.82, 2.24) is 9.88 Å². The zero-order chi connectivity index (χ0) is 30.1. The number of thiazole rings is 1. The van der Waals surface area contributed by atoms with E-state index in [1.807, 2.05) is 67.8 Å². The summed E-state index contributed by atoms with van der Waals surface area (Å²) < 4.78 is 43.8. The number of hydrogen-bond acceptors (Lipinski definition) is 7. The number of rotatable bonds is 6. The lowest BCUT2D eigenvalue weighted by Crippen LogP contribution is -2.41. The number of carbonyl (C=O) groups is 2. The molecule has 3 aromatic carbocycles. The van der Waals surface area contributed by atoms with Gasteiger partial charge in [0.25, 0.3) is 10.0 Å². The van der Waals surface area contributed by atoms with E-state index < -0.39 is 27.7 Å². The zero-order valence-corrected chi connectivity index (χ0v) is 25.6. The van der Waals surface area contributed by atoms with Crippen molar-refractivity contribution in [2.75, 3.05) is 7.11 Å². The summed E-state index contributed by atoms with van der Waals surface area (Å²) in [5.74, 6) is -0.755. The van der Waals surface area contributed by atoms with E-state index in [-0.39, 0.29) is 16.5 Å². The Morgan fingerprint density at radius 3 is 2.52 bits per heavy atom. The van der Waals surface area contributed by atoms with Crippen LogP contribution in [0.15, 0.2) is 76.0 Å². The summed E-state index contributed by atoms with van der Waals surface area (Å²) in [6, 6.07) is 19.8. The average molecular weight is 608 g/mol. The summed E-state index contributed by atoms with van der Waals surface area (Å²) >= 11 is 1.28. The predicted molar refractivity (Wildman–Crippen MR) is 161 cm³/mol. The van der Waals surface area contributed by atoms with Crippen molar-refractivity contribution in [1.29, 1.82) is 0 Å². The van der Waals surface area contributed by atoms with Crippen LogP contribution in [0, 0.1) is 0 Å². The van der Waals surface area contributed by atoms with Crippen LogP contribution in [-0.2, 0) is 38.9 Å². The van der Waals surface area contributed by atoms with Crippen LogP contribution in [0.5, 0.6) is 0 Å². The van der Waals surface area contributed by atoms with Crippen LogP contribution in [0.3, 0.4) is 0 Å². The number of amides is 1. The maximum Gasteiger partial charge on any atom is 0.407 e. The zero-order valence-electron chi connectivity index (χ0n) is 23.9. The van der Waals surface area contributed by atoms with E-state index in [0.29, 0.717) is 30.6 Å². The number of ether oxygens (including phenoxy) is 2. The van der Waals surface area contributed by atoms with Crippen LogP contribution >= 0.6 is 11.3 Å². The molecule has 1 aliphatic rings. The van der Waals surface area contributed by atoms with Crippen molar-refractivity contribution < 1.29 is 27.5 Å². The molecular weight excluding hydrogens is 574 g/mol. The van der Waals surface area contributed by atoms with Crippen LogP contribution in [0.2, 0.25) is 0 Å². The number of hydrogen-bond donors (Lipinski definition) is 1. The molecule has 42 heavy (non-hydrogen) atoms. The molecule has 1 N–H and O–H groups in total. The summed E-state index contributed by atoms with van der Waals surface area (Å²) in [7, 11) is -3.08. The first-order valence-corrected chi connectivity index (χ1v) is 15.9. The van der Waals surface area contributed by atoms with Gasteiger partial charge in [0.15, 0.2) is 0 Å². The number of carbonyl (C=O) groups excluding carboxylic acids is 2. The molecule has 1 amide bonds. The first-order valence-electron chi connectivity index (χ1n) is 13.6. The van der Waals surface area contributed by atoms with Gasteiger partial charge in [-0.2, -0.15) is 8.42 Å². The number of methoxy groups -OCH3 is 1. The molecule has 0 radical (unpaired) electrons. The number of aromatic nitrogens is 1. The van der Waals surface area contributed by atoms with Gasteiger partial charge in [-0.25, -0.2) is 9.59 Å². The summed E-state index contributed by atoms with van der Waals surface area (Å²) in [5.41, 5.74) is 1.31. The monoisotopic (exact) mass is 607 g/mol. The fraction of sp³-hybridized carbons (Fsp3) is 0.323. The van der Waals surface area contributed by atoms with Gasteiger partial charge in [0.2, 0.25) is 4.80 Å². The number of fused-ring (bicyclic) bond motifs is 2. The average Bonchev–Trinajstić information content (AvgIpc) is 3.26. The van der Waals surface area contributed by atoms with E-state index in [1.165, 1.54) is 30.6 Å². The molecule has 0 saturated heterocycles. The van der Waals surface area contributed by atoms with Crippen LogP contribution in [0.25, 0.3) is 10.8 Å². The molecule has 4 aromatic rings. The molecular formula is C31H33N3O6S2. The SMILES string of the molecule is COC(=O)c1ccccc1S(=O)(=O)/N=c1\sc2c(n1Cc1cccc3ccccc13)CCC(NC(=O)OC(C)(C)C)C2. The van der Waals surface area contributed by atoms with Gasteiger partial charge >= 0.3 is 12.1 Å². The lowest BCUT2D eigenvalue weighted by atomic mass is 9.97. The van der Waals surface area contributed by atoms with Crippen molar-refractivity contribution in [3.8, 4) is 0 Å². The second kappa shape index (κ2) is 11.7. The molecule has 0 saturated carbocycles. The molecule has 1 aromatic heterocycles. The third-order valence-electron chi connectivity index (χ3n) is 6.95. The Balaban J connectivity index is 1.59. The fourth-order valence-corrected chi connectivity index (χ4v) is 7.76. The highest BCUT2D eigenvalue weighted by atomic mass is 32.2. The third kappa shape index (κ3) is 6.42. The smallest absolute Gasteiger partial charge is 0.407 e. The van der Waals surface area contributed by atoms with E-state index in [4.69, 9.17) is 9.47 Å². The third-order valence-corrected chi connectivity index (χ3v) is 9.54. The van der Waals surface area contributed by atoms with Crippen LogP contribution in [-0.4, -0.2) is 43.8 Å².